The van der Waals surface area contributed by atoms with Crippen molar-refractivity contribution in [3.63, 3.8) is 0 Å². The predicted octanol–water partition coefficient (Wildman–Crippen LogP) is 1.04. The summed E-state index contributed by atoms with van der Waals surface area (Å²) >= 11 is 5.84. The predicted molar refractivity (Wildman–Crippen MR) is 83.3 cm³/mol. The molecule has 2 heterocycles. The maximum atomic E-state index is 11.9. The summed E-state index contributed by atoms with van der Waals surface area (Å²) in [6.45, 7) is 0.409. The van der Waals surface area contributed by atoms with Crippen molar-refractivity contribution >= 4 is 17.5 Å². The summed E-state index contributed by atoms with van der Waals surface area (Å²) < 4.78 is 1.68. The Balaban J connectivity index is 1.58. The van der Waals surface area contributed by atoms with Crippen LogP contribution in [-0.4, -0.2) is 35.9 Å². The summed E-state index contributed by atoms with van der Waals surface area (Å²) in [5.41, 5.74) is 1.71. The van der Waals surface area contributed by atoms with Crippen LogP contribution in [-0.2, 0) is 24.9 Å². The minimum absolute atomic E-state index is 0.000845. The molecule has 3 rings (SSSR count). The van der Waals surface area contributed by atoms with Crippen molar-refractivity contribution in [2.45, 2.75) is 13.1 Å². The molecule has 0 bridgehead atoms. The van der Waals surface area contributed by atoms with E-state index in [1.165, 1.54) is 4.80 Å². The average molecular weight is 332 g/mol. The van der Waals surface area contributed by atoms with E-state index < -0.39 is 0 Å². The number of tetrazole rings is 1. The summed E-state index contributed by atoms with van der Waals surface area (Å²) in [5, 5.41) is 19.5. The van der Waals surface area contributed by atoms with Crippen molar-refractivity contribution in [1.29, 1.82) is 0 Å². The highest BCUT2D eigenvalue weighted by molar-refractivity contribution is 6.30. The van der Waals surface area contributed by atoms with E-state index in [0.717, 1.165) is 11.1 Å². The van der Waals surface area contributed by atoms with Gasteiger partial charge in [0.15, 0.2) is 0 Å². The van der Waals surface area contributed by atoms with Gasteiger partial charge in [-0.15, -0.1) is 10.2 Å². The van der Waals surface area contributed by atoms with E-state index in [4.69, 9.17) is 11.6 Å². The maximum Gasteiger partial charge on any atom is 0.243 e. The first-order chi connectivity index (χ1) is 11.1. The van der Waals surface area contributed by atoms with Crippen molar-refractivity contribution in [2.24, 2.45) is 7.05 Å². The number of nitrogens with zero attached hydrogens (tertiary/aromatic N) is 6. The Labute approximate surface area is 137 Å². The maximum absolute atomic E-state index is 11.9. The van der Waals surface area contributed by atoms with E-state index in [9.17, 15) is 4.79 Å². The molecule has 0 fully saturated rings. The van der Waals surface area contributed by atoms with Crippen LogP contribution in [0.3, 0.4) is 0 Å². The van der Waals surface area contributed by atoms with E-state index in [-0.39, 0.29) is 12.5 Å². The van der Waals surface area contributed by atoms with Gasteiger partial charge in [-0.2, -0.15) is 9.90 Å². The Bertz CT molecular complexity index is 809. The monoisotopic (exact) mass is 331 g/mol. The third-order valence-corrected chi connectivity index (χ3v) is 3.34. The van der Waals surface area contributed by atoms with E-state index >= 15 is 0 Å². The van der Waals surface area contributed by atoms with Crippen LogP contribution in [0.1, 0.15) is 5.56 Å². The molecule has 1 aromatic carbocycles. The Hall–Kier alpha value is -2.74. The number of hydrogen-bond acceptors (Lipinski definition) is 5. The number of benzene rings is 1. The highest BCUT2D eigenvalue weighted by atomic mass is 35.5. The molecule has 2 aromatic heterocycles. The number of hydrogen-bond donors (Lipinski definition) is 1. The minimum Gasteiger partial charge on any atom is -0.350 e. The summed E-state index contributed by atoms with van der Waals surface area (Å²) in [4.78, 5) is 13.2. The first-order valence-electron chi connectivity index (χ1n) is 6.88. The minimum atomic E-state index is -0.200. The SMILES string of the molecule is Cn1cc(CNC(=O)Cn2nnc(-c3ccc(Cl)cc3)n2)cn1. The summed E-state index contributed by atoms with van der Waals surface area (Å²) in [6, 6.07) is 7.09. The van der Waals surface area contributed by atoms with Gasteiger partial charge in [0.1, 0.15) is 6.54 Å². The number of carbonyl (C=O) groups is 1. The molecule has 8 nitrogen and oxygen atoms in total. The fourth-order valence-electron chi connectivity index (χ4n) is 1.97. The zero-order valence-corrected chi connectivity index (χ0v) is 13.1. The molecule has 0 unspecified atom stereocenters. The summed E-state index contributed by atoms with van der Waals surface area (Å²) in [7, 11) is 1.82. The lowest BCUT2D eigenvalue weighted by molar-refractivity contribution is -0.122. The molecule has 23 heavy (non-hydrogen) atoms. The highest BCUT2D eigenvalue weighted by Crippen LogP contribution is 2.16. The van der Waals surface area contributed by atoms with Crippen molar-refractivity contribution < 1.29 is 4.79 Å². The van der Waals surface area contributed by atoms with E-state index in [2.05, 4.69) is 25.8 Å². The normalized spacial score (nSPS) is 10.7. The first-order valence-corrected chi connectivity index (χ1v) is 7.26. The lowest BCUT2D eigenvalue weighted by atomic mass is 10.2. The van der Waals surface area contributed by atoms with Crippen LogP contribution >= 0.6 is 11.6 Å². The Morgan fingerprint density at radius 1 is 1.30 bits per heavy atom. The van der Waals surface area contributed by atoms with Crippen LogP contribution in [0.4, 0.5) is 0 Å². The number of carbonyl (C=O) groups excluding carboxylic acids is 1. The van der Waals surface area contributed by atoms with Gasteiger partial charge in [0.2, 0.25) is 11.7 Å². The van der Waals surface area contributed by atoms with Crippen molar-refractivity contribution in [3.8, 4) is 11.4 Å². The average Bonchev–Trinajstić information content (AvgIpc) is 3.15. The van der Waals surface area contributed by atoms with Gasteiger partial charge in [-0.05, 0) is 29.5 Å². The number of aromatic nitrogens is 6. The summed E-state index contributed by atoms with van der Waals surface area (Å²) in [5.74, 6) is 0.246. The van der Waals surface area contributed by atoms with E-state index in [1.807, 2.05) is 13.2 Å². The smallest absolute Gasteiger partial charge is 0.243 e. The van der Waals surface area contributed by atoms with Crippen molar-refractivity contribution in [2.75, 3.05) is 0 Å². The van der Waals surface area contributed by atoms with Crippen LogP contribution in [0.15, 0.2) is 36.7 Å². The first kappa shape index (κ1) is 15.2. The molecule has 0 atom stereocenters. The standard InChI is InChI=1S/C14H14ClN7O/c1-21-8-10(7-17-21)6-16-13(23)9-22-19-14(18-20-22)11-2-4-12(15)5-3-11/h2-5,7-8H,6,9H2,1H3,(H,16,23). The zero-order valence-electron chi connectivity index (χ0n) is 12.3. The molecule has 0 aliphatic heterocycles. The van der Waals surface area contributed by atoms with Gasteiger partial charge in [-0.1, -0.05) is 11.6 Å². The lowest BCUT2D eigenvalue weighted by Crippen LogP contribution is -2.28. The number of aryl methyl sites for hydroxylation is 1. The second kappa shape index (κ2) is 6.57. The number of amides is 1. The highest BCUT2D eigenvalue weighted by Gasteiger charge is 2.09. The molecule has 118 valence electrons. The van der Waals surface area contributed by atoms with Crippen LogP contribution in [0.25, 0.3) is 11.4 Å². The Kier molecular flexibility index (Phi) is 4.33. The fourth-order valence-corrected chi connectivity index (χ4v) is 2.10. The molecule has 1 N–H and O–H groups in total. The molecule has 1 amide bonds. The second-order valence-corrected chi connectivity index (χ2v) is 5.39. The van der Waals surface area contributed by atoms with Gasteiger partial charge < -0.3 is 5.32 Å². The molecular weight excluding hydrogens is 318 g/mol. The van der Waals surface area contributed by atoms with Gasteiger partial charge in [-0.25, -0.2) is 0 Å². The molecule has 0 spiro atoms. The van der Waals surface area contributed by atoms with Gasteiger partial charge in [-0.3, -0.25) is 9.48 Å². The molecule has 9 heteroatoms. The van der Waals surface area contributed by atoms with Crippen LogP contribution < -0.4 is 5.32 Å². The van der Waals surface area contributed by atoms with Gasteiger partial charge in [0.25, 0.3) is 0 Å². The Morgan fingerprint density at radius 3 is 2.78 bits per heavy atom. The third-order valence-electron chi connectivity index (χ3n) is 3.09. The largest absolute Gasteiger partial charge is 0.350 e. The lowest BCUT2D eigenvalue weighted by Gasteiger charge is -2.02. The van der Waals surface area contributed by atoms with Crippen LogP contribution in [0.2, 0.25) is 5.02 Å². The quantitative estimate of drug-likeness (QED) is 0.754. The molecule has 0 saturated heterocycles. The van der Waals surface area contributed by atoms with Gasteiger partial charge in [0.05, 0.1) is 6.20 Å². The van der Waals surface area contributed by atoms with E-state index in [0.29, 0.717) is 17.4 Å². The Morgan fingerprint density at radius 2 is 2.09 bits per heavy atom. The zero-order chi connectivity index (χ0) is 16.2. The molecule has 3 aromatic rings. The number of halogens is 1. The molecule has 0 aliphatic rings. The second-order valence-electron chi connectivity index (χ2n) is 4.95. The van der Waals surface area contributed by atoms with Crippen molar-refractivity contribution in [1.82, 2.24) is 35.3 Å². The van der Waals surface area contributed by atoms with Gasteiger partial charge >= 0.3 is 0 Å². The molecule has 0 saturated carbocycles. The number of rotatable bonds is 5. The van der Waals surface area contributed by atoms with Crippen LogP contribution in [0, 0.1) is 0 Å². The fraction of sp³-hybridized carbons (Fsp3) is 0.214. The topological polar surface area (TPSA) is 90.5 Å². The molecular formula is C14H14ClN7O. The van der Waals surface area contributed by atoms with E-state index in [1.54, 1.807) is 35.1 Å². The van der Waals surface area contributed by atoms with Gasteiger partial charge in [0, 0.05) is 35.9 Å². The van der Waals surface area contributed by atoms with Crippen LogP contribution in [0.5, 0.6) is 0 Å². The molecule has 0 aliphatic carbocycles. The van der Waals surface area contributed by atoms with Crippen molar-refractivity contribution in [3.05, 3.63) is 47.2 Å². The summed E-state index contributed by atoms with van der Waals surface area (Å²) in [6.07, 6.45) is 3.54. The molecule has 0 radical (unpaired) electrons. The number of nitrogens with one attached hydrogen (secondary N) is 1. The third kappa shape index (κ3) is 3.92.